The quantitative estimate of drug-likeness (QED) is 0.672. The zero-order valence-corrected chi connectivity index (χ0v) is 11.6. The molecule has 0 radical (unpaired) electrons. The van der Waals surface area contributed by atoms with E-state index in [1.165, 1.54) is 0 Å². The van der Waals surface area contributed by atoms with Crippen LogP contribution in [0.5, 0.6) is 0 Å². The average molecular weight is 288 g/mol. The van der Waals surface area contributed by atoms with Crippen molar-refractivity contribution in [3.8, 4) is 0 Å². The molecule has 0 spiro atoms. The minimum atomic E-state index is -0.658. The van der Waals surface area contributed by atoms with Crippen LogP contribution in [0.3, 0.4) is 0 Å². The first-order chi connectivity index (χ1) is 7.11. The van der Waals surface area contributed by atoms with Crippen LogP contribution in [0.1, 0.15) is 25.7 Å². The molecule has 1 aliphatic heterocycles. The Balaban J connectivity index is 0. The largest absolute Gasteiger partial charge is 0.390 e. The predicted octanol–water partition coefficient (Wildman–Crippen LogP) is -0.119. The van der Waals surface area contributed by atoms with Gasteiger partial charge in [-0.05, 0) is 25.8 Å². The van der Waals surface area contributed by atoms with Crippen LogP contribution in [0.25, 0.3) is 0 Å². The molecule has 0 aromatic rings. The lowest BCUT2D eigenvalue weighted by molar-refractivity contribution is -0.135. The molecule has 0 aliphatic carbocycles. The van der Waals surface area contributed by atoms with Gasteiger partial charge in [-0.15, -0.1) is 24.8 Å². The number of amides is 1. The summed E-state index contributed by atoms with van der Waals surface area (Å²) >= 11 is 0. The van der Waals surface area contributed by atoms with Crippen LogP contribution in [0.15, 0.2) is 0 Å². The molecule has 1 aliphatic rings. The van der Waals surface area contributed by atoms with Gasteiger partial charge in [-0.2, -0.15) is 0 Å². The summed E-state index contributed by atoms with van der Waals surface area (Å²) < 4.78 is 0. The van der Waals surface area contributed by atoms with Crippen LogP contribution in [-0.2, 0) is 4.79 Å². The van der Waals surface area contributed by atoms with Gasteiger partial charge < -0.3 is 21.5 Å². The zero-order chi connectivity index (χ0) is 11.3. The molecule has 7 heteroatoms. The van der Waals surface area contributed by atoms with Gasteiger partial charge in [-0.25, -0.2) is 0 Å². The molecule has 0 atom stereocenters. The number of likely N-dealkylation sites (tertiary alicyclic amines) is 1. The molecule has 17 heavy (non-hydrogen) atoms. The molecule has 0 unspecified atom stereocenters. The molecule has 1 heterocycles. The molecule has 1 saturated heterocycles. The lowest BCUT2D eigenvalue weighted by Gasteiger charge is -2.38. The van der Waals surface area contributed by atoms with Crippen molar-refractivity contribution in [3.05, 3.63) is 0 Å². The second kappa shape index (κ2) is 8.94. The second-order valence-corrected chi connectivity index (χ2v) is 4.18. The highest BCUT2D eigenvalue weighted by atomic mass is 35.5. The van der Waals surface area contributed by atoms with Gasteiger partial charge in [-0.1, -0.05) is 0 Å². The molecular weight excluding hydrogens is 265 g/mol. The highest BCUT2D eigenvalue weighted by molar-refractivity contribution is 5.85. The predicted molar refractivity (Wildman–Crippen MR) is 72.6 cm³/mol. The molecule has 1 rings (SSSR count). The number of hydrogen-bond acceptors (Lipinski definition) is 4. The Kier molecular flexibility index (Phi) is 10.1. The highest BCUT2D eigenvalue weighted by Gasteiger charge is 2.32. The van der Waals surface area contributed by atoms with Crippen LogP contribution >= 0.6 is 24.8 Å². The maximum Gasteiger partial charge on any atom is 0.223 e. The van der Waals surface area contributed by atoms with E-state index in [9.17, 15) is 9.90 Å². The Labute approximate surface area is 115 Å². The Morgan fingerprint density at radius 1 is 1.18 bits per heavy atom. The number of nitrogens with zero attached hydrogens (tertiary/aromatic N) is 1. The smallest absolute Gasteiger partial charge is 0.223 e. The lowest BCUT2D eigenvalue weighted by Crippen LogP contribution is -2.47. The van der Waals surface area contributed by atoms with E-state index in [1.54, 1.807) is 4.90 Å². The van der Waals surface area contributed by atoms with E-state index in [1.807, 2.05) is 0 Å². The Morgan fingerprint density at radius 3 is 2.12 bits per heavy atom. The van der Waals surface area contributed by atoms with E-state index in [0.29, 0.717) is 51.9 Å². The molecule has 1 fully saturated rings. The Hall–Kier alpha value is -0.0700. The SMILES string of the molecule is Cl.Cl.NCCC(=O)N1CCC(O)(CCN)CC1. The van der Waals surface area contributed by atoms with Crippen molar-refractivity contribution in [1.82, 2.24) is 4.90 Å². The fourth-order valence-corrected chi connectivity index (χ4v) is 1.97. The molecule has 0 bridgehead atoms. The molecule has 0 saturated carbocycles. The Bertz CT molecular complexity index is 222. The standard InChI is InChI=1S/C10H21N3O2.2ClH/c11-5-1-9(14)13-7-3-10(15,2-6-12)4-8-13;;/h15H,1-8,11-12H2;2*1H. The first-order valence-corrected chi connectivity index (χ1v) is 5.51. The first kappa shape index (κ1) is 19.3. The molecule has 5 nitrogen and oxygen atoms in total. The van der Waals surface area contributed by atoms with Crippen LogP contribution < -0.4 is 11.5 Å². The molecule has 1 amide bonds. The van der Waals surface area contributed by atoms with E-state index in [4.69, 9.17) is 11.5 Å². The fraction of sp³-hybridized carbons (Fsp3) is 0.900. The summed E-state index contributed by atoms with van der Waals surface area (Å²) in [6.45, 7) is 2.13. The molecule has 5 N–H and O–H groups in total. The minimum Gasteiger partial charge on any atom is -0.390 e. The minimum absolute atomic E-state index is 0. The number of piperidine rings is 1. The van der Waals surface area contributed by atoms with Gasteiger partial charge in [0, 0.05) is 26.1 Å². The van der Waals surface area contributed by atoms with E-state index in [2.05, 4.69) is 0 Å². The first-order valence-electron chi connectivity index (χ1n) is 5.51. The van der Waals surface area contributed by atoms with Crippen molar-refractivity contribution in [2.24, 2.45) is 11.5 Å². The van der Waals surface area contributed by atoms with Gasteiger partial charge in [0.15, 0.2) is 0 Å². The summed E-state index contributed by atoms with van der Waals surface area (Å²) in [5.74, 6) is 0.0901. The highest BCUT2D eigenvalue weighted by Crippen LogP contribution is 2.25. The summed E-state index contributed by atoms with van der Waals surface area (Å²) in [6.07, 6.45) is 2.27. The monoisotopic (exact) mass is 287 g/mol. The molecule has 0 aromatic carbocycles. The lowest BCUT2D eigenvalue weighted by atomic mass is 9.88. The van der Waals surface area contributed by atoms with Gasteiger partial charge >= 0.3 is 0 Å². The topological polar surface area (TPSA) is 92.6 Å². The van der Waals surface area contributed by atoms with Crippen LogP contribution in [-0.4, -0.2) is 47.7 Å². The maximum atomic E-state index is 11.5. The summed E-state index contributed by atoms with van der Waals surface area (Å²) in [5.41, 5.74) is 10.1. The summed E-state index contributed by atoms with van der Waals surface area (Å²) in [7, 11) is 0. The van der Waals surface area contributed by atoms with Crippen molar-refractivity contribution >= 4 is 30.7 Å². The van der Waals surface area contributed by atoms with Crippen LogP contribution in [0, 0.1) is 0 Å². The van der Waals surface area contributed by atoms with E-state index < -0.39 is 5.60 Å². The molecule has 0 aromatic heterocycles. The van der Waals surface area contributed by atoms with Gasteiger partial charge in [0.25, 0.3) is 0 Å². The normalized spacial score (nSPS) is 17.9. The summed E-state index contributed by atoms with van der Waals surface area (Å²) in [5, 5.41) is 10.1. The fourth-order valence-electron chi connectivity index (χ4n) is 1.97. The van der Waals surface area contributed by atoms with Gasteiger partial charge in [0.2, 0.25) is 5.91 Å². The van der Waals surface area contributed by atoms with E-state index >= 15 is 0 Å². The molecule has 104 valence electrons. The van der Waals surface area contributed by atoms with Crippen molar-refractivity contribution in [1.29, 1.82) is 0 Å². The number of halogens is 2. The van der Waals surface area contributed by atoms with Crippen molar-refractivity contribution < 1.29 is 9.90 Å². The summed E-state index contributed by atoms with van der Waals surface area (Å²) in [6, 6.07) is 0. The third kappa shape index (κ3) is 5.88. The average Bonchev–Trinajstić information content (AvgIpc) is 2.19. The van der Waals surface area contributed by atoms with Crippen molar-refractivity contribution in [2.75, 3.05) is 26.2 Å². The number of carbonyl (C=O) groups is 1. The zero-order valence-electron chi connectivity index (χ0n) is 9.93. The number of rotatable bonds is 4. The van der Waals surface area contributed by atoms with Gasteiger partial charge in [0.05, 0.1) is 5.60 Å². The van der Waals surface area contributed by atoms with E-state index in [0.717, 1.165) is 0 Å². The third-order valence-corrected chi connectivity index (χ3v) is 3.01. The second-order valence-electron chi connectivity index (χ2n) is 4.18. The van der Waals surface area contributed by atoms with Crippen molar-refractivity contribution in [3.63, 3.8) is 0 Å². The number of carbonyl (C=O) groups excluding carboxylic acids is 1. The third-order valence-electron chi connectivity index (χ3n) is 3.01. The number of nitrogens with two attached hydrogens (primary N) is 2. The van der Waals surface area contributed by atoms with Crippen LogP contribution in [0.2, 0.25) is 0 Å². The maximum absolute atomic E-state index is 11.5. The molecular formula is C10H23Cl2N3O2. The summed E-state index contributed by atoms with van der Waals surface area (Å²) in [4.78, 5) is 13.3. The van der Waals surface area contributed by atoms with Crippen LogP contribution in [0.4, 0.5) is 0 Å². The number of aliphatic hydroxyl groups is 1. The Morgan fingerprint density at radius 2 is 1.71 bits per heavy atom. The van der Waals surface area contributed by atoms with Gasteiger partial charge in [0.1, 0.15) is 0 Å². The van der Waals surface area contributed by atoms with Crippen molar-refractivity contribution in [2.45, 2.75) is 31.3 Å². The van der Waals surface area contributed by atoms with E-state index in [-0.39, 0.29) is 30.7 Å². The van der Waals surface area contributed by atoms with Gasteiger partial charge in [-0.3, -0.25) is 4.79 Å². The number of hydrogen-bond donors (Lipinski definition) is 3.